The minimum atomic E-state index is -0.795. The summed E-state index contributed by atoms with van der Waals surface area (Å²) in [6.07, 6.45) is 1.36. The summed E-state index contributed by atoms with van der Waals surface area (Å²) in [5.41, 5.74) is 0.864. The van der Waals surface area contributed by atoms with Crippen molar-refractivity contribution in [1.82, 2.24) is 0 Å². The molecule has 1 amide bonds. The Balaban J connectivity index is 1.53. The second-order valence-electron chi connectivity index (χ2n) is 8.10. The summed E-state index contributed by atoms with van der Waals surface area (Å²) < 4.78 is 16.5. The van der Waals surface area contributed by atoms with Crippen molar-refractivity contribution in [1.29, 1.82) is 5.26 Å². The summed E-state index contributed by atoms with van der Waals surface area (Å²) in [5, 5.41) is 25.6. The second kappa shape index (κ2) is 11.6. The molecule has 0 heterocycles. The Kier molecular flexibility index (Phi) is 7.84. The maximum atomic E-state index is 12.8. The van der Waals surface area contributed by atoms with E-state index in [1.54, 1.807) is 18.2 Å². The molecule has 4 aromatic rings. The molecule has 0 aliphatic rings. The van der Waals surface area contributed by atoms with Gasteiger partial charge in [-0.15, -0.1) is 0 Å². The SMILES string of the molecule is COc1ccc(NC(=O)/C(C#N)=C/c2ccc(OCc3cccc4ccccc34)c(OC)c2)c([N+](=O)[O-])c1. The van der Waals surface area contributed by atoms with Gasteiger partial charge in [0, 0.05) is 0 Å². The molecule has 4 aromatic carbocycles. The molecule has 38 heavy (non-hydrogen) atoms. The number of hydrogen-bond donors (Lipinski definition) is 1. The number of carbonyl (C=O) groups excluding carboxylic acids is 1. The van der Waals surface area contributed by atoms with E-state index in [0.717, 1.165) is 16.3 Å². The number of nitriles is 1. The Morgan fingerprint density at radius 1 is 1.00 bits per heavy atom. The van der Waals surface area contributed by atoms with E-state index in [4.69, 9.17) is 14.2 Å². The number of hydrogen-bond acceptors (Lipinski definition) is 7. The van der Waals surface area contributed by atoms with Crippen molar-refractivity contribution in [3.05, 3.63) is 106 Å². The zero-order valence-corrected chi connectivity index (χ0v) is 20.6. The third-order valence-corrected chi connectivity index (χ3v) is 5.78. The van der Waals surface area contributed by atoms with Crippen LogP contribution in [0, 0.1) is 21.4 Å². The van der Waals surface area contributed by atoms with Crippen molar-refractivity contribution in [2.75, 3.05) is 19.5 Å². The number of nitrogens with one attached hydrogen (secondary N) is 1. The Morgan fingerprint density at radius 3 is 2.53 bits per heavy atom. The van der Waals surface area contributed by atoms with Crippen molar-refractivity contribution < 1.29 is 23.9 Å². The number of methoxy groups -OCH3 is 2. The Labute approximate surface area is 218 Å². The van der Waals surface area contributed by atoms with Gasteiger partial charge in [0.1, 0.15) is 29.7 Å². The van der Waals surface area contributed by atoms with Crippen LogP contribution in [0.5, 0.6) is 17.2 Å². The number of benzene rings is 4. The summed E-state index contributed by atoms with van der Waals surface area (Å²) in [5.74, 6) is 0.383. The fraction of sp³-hybridized carbons (Fsp3) is 0.103. The van der Waals surface area contributed by atoms with Crippen LogP contribution >= 0.6 is 0 Å². The van der Waals surface area contributed by atoms with Crippen LogP contribution in [0.3, 0.4) is 0 Å². The van der Waals surface area contributed by atoms with Crippen LogP contribution in [0.4, 0.5) is 11.4 Å². The van der Waals surface area contributed by atoms with E-state index < -0.39 is 10.8 Å². The summed E-state index contributed by atoms with van der Waals surface area (Å²) in [6, 6.07) is 24.9. The number of fused-ring (bicyclic) bond motifs is 1. The smallest absolute Gasteiger partial charge is 0.296 e. The van der Waals surface area contributed by atoms with Crippen LogP contribution in [0.2, 0.25) is 0 Å². The standard InChI is InChI=1S/C29H23N3O6/c1-36-23-11-12-25(26(16-23)32(34)35)31-29(33)22(17-30)14-19-10-13-27(28(15-19)37-2)38-18-21-8-5-7-20-6-3-4-9-24(20)21/h3-16H,18H2,1-2H3,(H,31,33)/b22-14+. The molecular formula is C29H23N3O6. The summed E-state index contributed by atoms with van der Waals surface area (Å²) in [7, 11) is 2.87. The van der Waals surface area contributed by atoms with Crippen LogP contribution in [-0.4, -0.2) is 25.1 Å². The summed E-state index contributed by atoms with van der Waals surface area (Å²) in [6.45, 7) is 0.319. The van der Waals surface area contributed by atoms with Gasteiger partial charge in [0.2, 0.25) is 0 Å². The van der Waals surface area contributed by atoms with E-state index in [1.165, 1.54) is 38.5 Å². The molecule has 0 radical (unpaired) electrons. The number of nitrogens with zero attached hydrogens (tertiary/aromatic N) is 2. The molecule has 1 N–H and O–H groups in total. The molecule has 0 aromatic heterocycles. The van der Waals surface area contributed by atoms with Gasteiger partial charge < -0.3 is 19.5 Å². The topological polar surface area (TPSA) is 124 Å². The van der Waals surface area contributed by atoms with Gasteiger partial charge in [-0.3, -0.25) is 14.9 Å². The number of carbonyl (C=O) groups is 1. The molecule has 0 unspecified atom stereocenters. The van der Waals surface area contributed by atoms with E-state index in [9.17, 15) is 20.2 Å². The Bertz CT molecular complexity index is 1580. The molecule has 190 valence electrons. The molecule has 0 aliphatic heterocycles. The number of ether oxygens (including phenoxy) is 3. The van der Waals surface area contributed by atoms with Gasteiger partial charge >= 0.3 is 0 Å². The van der Waals surface area contributed by atoms with Crippen LogP contribution in [0.15, 0.2) is 84.4 Å². The fourth-order valence-corrected chi connectivity index (χ4v) is 3.87. The second-order valence-corrected chi connectivity index (χ2v) is 8.10. The van der Waals surface area contributed by atoms with Gasteiger partial charge in [-0.2, -0.15) is 5.26 Å². The highest BCUT2D eigenvalue weighted by Crippen LogP contribution is 2.32. The van der Waals surface area contributed by atoms with Crippen molar-refractivity contribution in [2.45, 2.75) is 6.61 Å². The van der Waals surface area contributed by atoms with Gasteiger partial charge in [-0.05, 0) is 52.2 Å². The largest absolute Gasteiger partial charge is 0.496 e. The number of nitro groups is 1. The molecule has 0 fully saturated rings. The molecule has 9 heteroatoms. The van der Waals surface area contributed by atoms with Crippen LogP contribution in [0.25, 0.3) is 16.8 Å². The lowest BCUT2D eigenvalue weighted by Gasteiger charge is -2.13. The lowest BCUT2D eigenvalue weighted by Crippen LogP contribution is -2.14. The van der Waals surface area contributed by atoms with E-state index in [2.05, 4.69) is 5.32 Å². The highest BCUT2D eigenvalue weighted by atomic mass is 16.6. The molecule has 0 saturated carbocycles. The Morgan fingerprint density at radius 2 is 1.79 bits per heavy atom. The number of amides is 1. The van der Waals surface area contributed by atoms with Gasteiger partial charge in [0.05, 0.1) is 25.2 Å². The van der Waals surface area contributed by atoms with Gasteiger partial charge in [0.15, 0.2) is 11.5 Å². The van der Waals surface area contributed by atoms with Gasteiger partial charge in [0.25, 0.3) is 11.6 Å². The molecule has 0 saturated heterocycles. The normalized spacial score (nSPS) is 10.9. The maximum absolute atomic E-state index is 12.8. The molecule has 0 aliphatic carbocycles. The van der Waals surface area contributed by atoms with E-state index in [0.29, 0.717) is 23.7 Å². The first-order chi connectivity index (χ1) is 18.4. The average molecular weight is 510 g/mol. The molecular weight excluding hydrogens is 486 g/mol. The predicted molar refractivity (Wildman–Crippen MR) is 143 cm³/mol. The van der Waals surface area contributed by atoms with Gasteiger partial charge in [-0.1, -0.05) is 48.5 Å². The molecule has 0 atom stereocenters. The van der Waals surface area contributed by atoms with E-state index >= 15 is 0 Å². The fourth-order valence-electron chi connectivity index (χ4n) is 3.87. The molecule has 4 rings (SSSR count). The minimum Gasteiger partial charge on any atom is -0.496 e. The van der Waals surface area contributed by atoms with Crippen LogP contribution in [-0.2, 0) is 11.4 Å². The maximum Gasteiger partial charge on any atom is 0.296 e. The number of nitro benzene ring substituents is 1. The Hall–Kier alpha value is -5.36. The van der Waals surface area contributed by atoms with Crippen molar-refractivity contribution >= 4 is 34.1 Å². The zero-order chi connectivity index (χ0) is 27.1. The van der Waals surface area contributed by atoms with Crippen LogP contribution in [0.1, 0.15) is 11.1 Å². The molecule has 9 nitrogen and oxygen atoms in total. The lowest BCUT2D eigenvalue weighted by atomic mass is 10.1. The summed E-state index contributed by atoms with van der Waals surface area (Å²) in [4.78, 5) is 23.5. The predicted octanol–water partition coefficient (Wildman–Crippen LogP) is 5.89. The summed E-state index contributed by atoms with van der Waals surface area (Å²) >= 11 is 0. The van der Waals surface area contributed by atoms with Crippen molar-refractivity contribution in [3.63, 3.8) is 0 Å². The lowest BCUT2D eigenvalue weighted by molar-refractivity contribution is -0.384. The minimum absolute atomic E-state index is 0.0586. The number of anilines is 1. The van der Waals surface area contributed by atoms with E-state index in [1.807, 2.05) is 48.5 Å². The highest BCUT2D eigenvalue weighted by Gasteiger charge is 2.19. The quantitative estimate of drug-likeness (QED) is 0.129. The molecule has 0 bridgehead atoms. The third-order valence-electron chi connectivity index (χ3n) is 5.78. The first-order valence-corrected chi connectivity index (χ1v) is 11.5. The highest BCUT2D eigenvalue weighted by molar-refractivity contribution is 6.10. The van der Waals surface area contributed by atoms with Crippen LogP contribution < -0.4 is 19.5 Å². The number of rotatable bonds is 9. The first-order valence-electron chi connectivity index (χ1n) is 11.5. The van der Waals surface area contributed by atoms with E-state index in [-0.39, 0.29) is 22.7 Å². The monoisotopic (exact) mass is 509 g/mol. The third kappa shape index (κ3) is 5.71. The van der Waals surface area contributed by atoms with Crippen molar-refractivity contribution in [3.8, 4) is 23.3 Å². The first kappa shape index (κ1) is 25.7. The van der Waals surface area contributed by atoms with Gasteiger partial charge in [-0.25, -0.2) is 0 Å². The average Bonchev–Trinajstić information content (AvgIpc) is 2.94. The molecule has 0 spiro atoms. The zero-order valence-electron chi connectivity index (χ0n) is 20.6. The van der Waals surface area contributed by atoms with Crippen molar-refractivity contribution in [2.24, 2.45) is 0 Å².